The minimum Gasteiger partial charge on any atom is -0.366 e. The number of carbonyl (C=O) groups is 1. The van der Waals surface area contributed by atoms with Gasteiger partial charge in [-0.3, -0.25) is 9.69 Å². The number of Topliss-reactive ketones (excluding diaryl/α,β-unsaturated/α-hetero) is 1. The Hall–Kier alpha value is -2.86. The van der Waals surface area contributed by atoms with Crippen molar-refractivity contribution in [2.75, 3.05) is 56.5 Å². The zero-order chi connectivity index (χ0) is 26.4. The van der Waals surface area contributed by atoms with E-state index in [0.717, 1.165) is 56.2 Å². The first-order valence-electron chi connectivity index (χ1n) is 12.1. The molecule has 0 atom stereocenters. The van der Waals surface area contributed by atoms with Gasteiger partial charge in [0, 0.05) is 63.8 Å². The van der Waals surface area contributed by atoms with Crippen molar-refractivity contribution in [2.45, 2.75) is 20.3 Å². The number of rotatable bonds is 9. The van der Waals surface area contributed by atoms with Crippen LogP contribution in [0.2, 0.25) is 5.02 Å². The molecule has 3 N–H and O–H groups in total. The summed E-state index contributed by atoms with van der Waals surface area (Å²) in [6.45, 7) is 9.24. The van der Waals surface area contributed by atoms with Crippen LogP contribution >= 0.6 is 35.2 Å². The van der Waals surface area contributed by atoms with Gasteiger partial charge in [0.2, 0.25) is 0 Å². The number of thiazole rings is 1. The Morgan fingerprint density at radius 3 is 2.70 bits per heavy atom. The zero-order valence-electron chi connectivity index (χ0n) is 21.2. The third-order valence-electron chi connectivity index (χ3n) is 6.17. The van der Waals surface area contributed by atoms with Gasteiger partial charge in [0.1, 0.15) is 17.5 Å². The Bertz CT molecular complexity index is 1240. The predicted octanol–water partition coefficient (Wildman–Crippen LogP) is 3.59. The van der Waals surface area contributed by atoms with Crippen LogP contribution in [0, 0.1) is 13.8 Å². The van der Waals surface area contributed by atoms with Gasteiger partial charge in [-0.1, -0.05) is 35.1 Å². The van der Waals surface area contributed by atoms with E-state index in [9.17, 15) is 4.79 Å². The molecule has 0 aliphatic carbocycles. The van der Waals surface area contributed by atoms with Crippen LogP contribution in [-0.4, -0.2) is 77.1 Å². The Balaban J connectivity index is 1.35. The minimum atomic E-state index is -0.0119. The zero-order valence-corrected chi connectivity index (χ0v) is 23.6. The summed E-state index contributed by atoms with van der Waals surface area (Å²) in [6.07, 6.45) is 1.85. The third kappa shape index (κ3) is 7.35. The van der Waals surface area contributed by atoms with Gasteiger partial charge in [0.25, 0.3) is 0 Å². The summed E-state index contributed by atoms with van der Waals surface area (Å²) in [5.74, 6) is 2.20. The fourth-order valence-electron chi connectivity index (χ4n) is 4.10. The summed E-state index contributed by atoms with van der Waals surface area (Å²) in [6, 6.07) is 7.59. The van der Waals surface area contributed by atoms with E-state index in [1.54, 1.807) is 6.20 Å². The average molecular weight is 559 g/mol. The Kier molecular flexibility index (Phi) is 9.25. The Morgan fingerprint density at radius 2 is 1.97 bits per heavy atom. The van der Waals surface area contributed by atoms with Crippen LogP contribution in [0.1, 0.15) is 26.6 Å². The standard InChI is InChI=1S/C25H31ClN8OS2/c1-16-5-4-6-19(26)18(16)13-20(35)21-15-29-25(37-21)32-22-14-23(31-17(2)30-22)34-11-9-33(10-12-34)8-7-28-24(36)27-3/h4-6,14-15H,7-13H2,1-3H3,(H2,27,28,36)(H,29,30,31,32). The number of aryl methyl sites for hydroxylation is 2. The molecule has 1 aliphatic rings. The molecule has 1 aliphatic heterocycles. The number of aromatic nitrogens is 3. The lowest BCUT2D eigenvalue weighted by Crippen LogP contribution is -2.49. The summed E-state index contributed by atoms with van der Waals surface area (Å²) in [5.41, 5.74) is 1.86. The fourth-order valence-corrected chi connectivity index (χ4v) is 5.25. The lowest BCUT2D eigenvalue weighted by Gasteiger charge is -2.35. The highest BCUT2D eigenvalue weighted by Crippen LogP contribution is 2.27. The summed E-state index contributed by atoms with van der Waals surface area (Å²) in [4.78, 5) is 31.7. The molecule has 37 heavy (non-hydrogen) atoms. The molecule has 4 rings (SSSR count). The van der Waals surface area contributed by atoms with Crippen molar-refractivity contribution in [3.8, 4) is 0 Å². The topological polar surface area (TPSA) is 98.3 Å². The molecule has 0 spiro atoms. The van der Waals surface area contributed by atoms with Crippen LogP contribution in [0.3, 0.4) is 0 Å². The first-order valence-corrected chi connectivity index (χ1v) is 13.7. The SMILES string of the molecule is CNC(=S)NCCN1CCN(c2cc(Nc3ncc(C(=O)Cc4c(C)cccc4Cl)s3)nc(C)n2)CC1. The van der Waals surface area contributed by atoms with Crippen molar-refractivity contribution < 1.29 is 4.79 Å². The molecule has 0 amide bonds. The van der Waals surface area contributed by atoms with Crippen molar-refractivity contribution in [3.05, 3.63) is 57.3 Å². The van der Waals surface area contributed by atoms with E-state index in [2.05, 4.69) is 40.7 Å². The lowest BCUT2D eigenvalue weighted by atomic mass is 10.0. The average Bonchev–Trinajstić information content (AvgIpc) is 3.34. The molecule has 1 aromatic carbocycles. The van der Waals surface area contributed by atoms with Crippen molar-refractivity contribution in [2.24, 2.45) is 0 Å². The van der Waals surface area contributed by atoms with E-state index < -0.39 is 0 Å². The number of anilines is 3. The lowest BCUT2D eigenvalue weighted by molar-refractivity contribution is 0.0996. The van der Waals surface area contributed by atoms with E-state index >= 15 is 0 Å². The van der Waals surface area contributed by atoms with Gasteiger partial charge in [-0.25, -0.2) is 15.0 Å². The van der Waals surface area contributed by atoms with Crippen LogP contribution in [0.5, 0.6) is 0 Å². The van der Waals surface area contributed by atoms with Crippen LogP contribution in [0.4, 0.5) is 16.8 Å². The molecule has 0 bridgehead atoms. The second-order valence-electron chi connectivity index (χ2n) is 8.78. The molecule has 2 aromatic heterocycles. The molecule has 12 heteroatoms. The van der Waals surface area contributed by atoms with Gasteiger partial charge in [-0.2, -0.15) is 0 Å². The summed E-state index contributed by atoms with van der Waals surface area (Å²) in [5, 5.41) is 11.3. The highest BCUT2D eigenvalue weighted by Gasteiger charge is 2.20. The summed E-state index contributed by atoms with van der Waals surface area (Å²) in [7, 11) is 1.82. The predicted molar refractivity (Wildman–Crippen MR) is 155 cm³/mol. The first-order chi connectivity index (χ1) is 17.8. The molecule has 0 radical (unpaired) electrons. The number of thiocarbonyl (C=S) groups is 1. The normalized spacial score (nSPS) is 13.9. The molecular weight excluding hydrogens is 528 g/mol. The maximum Gasteiger partial charge on any atom is 0.188 e. The highest BCUT2D eigenvalue weighted by atomic mass is 35.5. The molecule has 1 fully saturated rings. The molecule has 3 aromatic rings. The number of piperazine rings is 1. The van der Waals surface area contributed by atoms with Crippen molar-refractivity contribution in [3.63, 3.8) is 0 Å². The van der Waals surface area contributed by atoms with Gasteiger partial charge >= 0.3 is 0 Å². The van der Waals surface area contributed by atoms with Crippen LogP contribution in [0.25, 0.3) is 0 Å². The largest absolute Gasteiger partial charge is 0.366 e. The van der Waals surface area contributed by atoms with Crippen LogP contribution in [-0.2, 0) is 6.42 Å². The van der Waals surface area contributed by atoms with Gasteiger partial charge in [-0.15, -0.1) is 0 Å². The van der Waals surface area contributed by atoms with E-state index in [0.29, 0.717) is 31.8 Å². The molecular formula is C25H31ClN8OS2. The molecule has 3 heterocycles. The van der Waals surface area contributed by atoms with Gasteiger partial charge < -0.3 is 20.9 Å². The summed E-state index contributed by atoms with van der Waals surface area (Å²) < 4.78 is 0. The van der Waals surface area contributed by atoms with E-state index in [-0.39, 0.29) is 12.2 Å². The second-order valence-corrected chi connectivity index (χ2v) is 10.6. The van der Waals surface area contributed by atoms with Crippen molar-refractivity contribution in [1.29, 1.82) is 0 Å². The second kappa shape index (κ2) is 12.6. The monoisotopic (exact) mass is 558 g/mol. The van der Waals surface area contributed by atoms with Crippen molar-refractivity contribution in [1.82, 2.24) is 30.5 Å². The van der Waals surface area contributed by atoms with Gasteiger partial charge in [0.15, 0.2) is 16.0 Å². The molecule has 1 saturated heterocycles. The van der Waals surface area contributed by atoms with E-state index in [1.807, 2.05) is 45.2 Å². The number of nitrogens with one attached hydrogen (secondary N) is 3. The number of hydrogen-bond acceptors (Lipinski definition) is 9. The first kappa shape index (κ1) is 27.2. The quantitative estimate of drug-likeness (QED) is 0.267. The maximum atomic E-state index is 12.9. The molecule has 9 nitrogen and oxygen atoms in total. The van der Waals surface area contributed by atoms with Crippen LogP contribution < -0.4 is 20.9 Å². The minimum absolute atomic E-state index is 0.0119. The number of hydrogen-bond donors (Lipinski definition) is 3. The number of nitrogens with zero attached hydrogens (tertiary/aromatic N) is 5. The van der Waals surface area contributed by atoms with E-state index in [4.69, 9.17) is 23.8 Å². The molecule has 0 saturated carbocycles. The fraction of sp³-hybridized carbons (Fsp3) is 0.400. The smallest absolute Gasteiger partial charge is 0.188 e. The number of ketones is 1. The third-order valence-corrected chi connectivity index (χ3v) is 7.82. The number of carbonyl (C=O) groups excluding carboxylic acids is 1. The number of halogens is 1. The molecule has 196 valence electrons. The Labute approximate surface area is 231 Å². The van der Waals surface area contributed by atoms with Gasteiger partial charge in [0.05, 0.1) is 11.1 Å². The molecule has 0 unspecified atom stereocenters. The summed E-state index contributed by atoms with van der Waals surface area (Å²) >= 11 is 12.7. The van der Waals surface area contributed by atoms with Gasteiger partial charge in [-0.05, 0) is 43.3 Å². The highest BCUT2D eigenvalue weighted by molar-refractivity contribution is 7.80. The van der Waals surface area contributed by atoms with Crippen molar-refractivity contribution >= 4 is 62.8 Å². The van der Waals surface area contributed by atoms with Crippen LogP contribution in [0.15, 0.2) is 30.5 Å². The van der Waals surface area contributed by atoms with E-state index in [1.165, 1.54) is 11.3 Å². The number of benzene rings is 1. The maximum absolute atomic E-state index is 12.9. The Morgan fingerprint density at radius 1 is 1.19 bits per heavy atom.